The van der Waals surface area contributed by atoms with E-state index in [1.807, 2.05) is 13.1 Å². The van der Waals surface area contributed by atoms with Crippen LogP contribution in [-0.4, -0.2) is 18.1 Å². The maximum atomic E-state index is 4.41. The van der Waals surface area contributed by atoms with E-state index in [0.29, 0.717) is 0 Å². The minimum absolute atomic E-state index is 0.745. The lowest BCUT2D eigenvalue weighted by molar-refractivity contribution is 0.536. The summed E-state index contributed by atoms with van der Waals surface area (Å²) in [4.78, 5) is 4.41. The Morgan fingerprint density at radius 3 is 3.06 bits per heavy atom. The molecule has 16 heavy (non-hydrogen) atoms. The average molecular weight is 279 g/mol. The van der Waals surface area contributed by atoms with Gasteiger partial charge in [0, 0.05) is 17.2 Å². The van der Waals surface area contributed by atoms with Crippen molar-refractivity contribution in [2.45, 2.75) is 13.3 Å². The van der Waals surface area contributed by atoms with Gasteiger partial charge in [-0.05, 0) is 64.9 Å². The van der Waals surface area contributed by atoms with Crippen molar-refractivity contribution in [2.24, 2.45) is 11.8 Å². The number of allylic oxidation sites excluding steroid dienone is 1. The Morgan fingerprint density at radius 2 is 2.31 bits per heavy atom. The van der Waals surface area contributed by atoms with Gasteiger partial charge in [-0.15, -0.1) is 0 Å². The predicted octanol–water partition coefficient (Wildman–Crippen LogP) is 2.78. The van der Waals surface area contributed by atoms with Gasteiger partial charge >= 0.3 is 0 Å². The molecule has 2 aliphatic rings. The third-order valence-corrected chi connectivity index (χ3v) is 4.49. The minimum atomic E-state index is 0.745. The Bertz CT molecular complexity index is 453. The monoisotopic (exact) mass is 278 g/mol. The van der Waals surface area contributed by atoms with Crippen LogP contribution in [0.2, 0.25) is 0 Å². The van der Waals surface area contributed by atoms with Gasteiger partial charge < -0.3 is 5.32 Å². The fourth-order valence-electron chi connectivity index (χ4n) is 2.68. The number of aryl methyl sites for hydroxylation is 1. The van der Waals surface area contributed by atoms with Crippen LogP contribution in [0.4, 0.5) is 0 Å². The van der Waals surface area contributed by atoms with Crippen LogP contribution in [0.5, 0.6) is 0 Å². The standard InChI is InChI=1S/C13H15BrN2/c1-8-13(14)4-12(7-16-8)9-2-10-5-15-6-11(10)3-9/h2,4,7,10-11,15H,3,5-6H2,1H3/t10-,11+/m0/s1. The molecule has 3 heteroatoms. The fraction of sp³-hybridized carbons (Fsp3) is 0.462. The van der Waals surface area contributed by atoms with Gasteiger partial charge in [0.05, 0.1) is 5.69 Å². The van der Waals surface area contributed by atoms with Crippen molar-refractivity contribution in [1.82, 2.24) is 10.3 Å². The number of nitrogens with zero attached hydrogens (tertiary/aromatic N) is 1. The number of hydrogen-bond acceptors (Lipinski definition) is 2. The molecule has 3 rings (SSSR count). The maximum Gasteiger partial charge on any atom is 0.0514 e. The molecule has 1 fully saturated rings. The van der Waals surface area contributed by atoms with Crippen molar-refractivity contribution in [2.75, 3.05) is 13.1 Å². The third kappa shape index (κ3) is 1.72. The highest BCUT2D eigenvalue weighted by Gasteiger charge is 2.31. The summed E-state index contributed by atoms with van der Waals surface area (Å²) in [6.45, 7) is 4.34. The van der Waals surface area contributed by atoms with Crippen molar-refractivity contribution in [1.29, 1.82) is 0 Å². The lowest BCUT2D eigenvalue weighted by atomic mass is 9.99. The molecule has 2 atom stereocenters. The largest absolute Gasteiger partial charge is 0.316 e. The first-order chi connectivity index (χ1) is 7.74. The van der Waals surface area contributed by atoms with E-state index in [4.69, 9.17) is 0 Å². The average Bonchev–Trinajstić information content (AvgIpc) is 2.81. The van der Waals surface area contributed by atoms with E-state index in [0.717, 1.165) is 28.5 Å². The molecule has 1 aliphatic carbocycles. The van der Waals surface area contributed by atoms with Gasteiger partial charge in [-0.3, -0.25) is 4.98 Å². The number of pyridine rings is 1. The maximum absolute atomic E-state index is 4.41. The molecular weight excluding hydrogens is 264 g/mol. The lowest BCUT2D eigenvalue weighted by Gasteiger charge is -2.07. The Morgan fingerprint density at radius 1 is 1.44 bits per heavy atom. The second kappa shape index (κ2) is 3.97. The summed E-state index contributed by atoms with van der Waals surface area (Å²) in [6.07, 6.45) is 5.64. The molecule has 1 saturated heterocycles. The van der Waals surface area contributed by atoms with Gasteiger partial charge in [0.15, 0.2) is 0 Å². The SMILES string of the molecule is Cc1ncc(C2=C[C@H]3CNC[C@H]3C2)cc1Br. The number of aromatic nitrogens is 1. The van der Waals surface area contributed by atoms with E-state index in [1.165, 1.54) is 24.1 Å². The Labute approximate surface area is 104 Å². The van der Waals surface area contributed by atoms with Crippen molar-refractivity contribution in [3.8, 4) is 0 Å². The van der Waals surface area contributed by atoms with E-state index in [2.05, 4.69) is 38.4 Å². The van der Waals surface area contributed by atoms with Crippen molar-refractivity contribution in [3.63, 3.8) is 0 Å². The molecule has 2 nitrogen and oxygen atoms in total. The van der Waals surface area contributed by atoms with Crippen molar-refractivity contribution >= 4 is 21.5 Å². The molecule has 0 aromatic carbocycles. The number of fused-ring (bicyclic) bond motifs is 1. The summed E-state index contributed by atoms with van der Waals surface area (Å²) in [5.41, 5.74) is 3.82. The molecule has 1 aromatic rings. The molecule has 0 radical (unpaired) electrons. The second-order valence-corrected chi connectivity index (χ2v) is 5.62. The molecule has 0 bridgehead atoms. The van der Waals surface area contributed by atoms with E-state index in [1.54, 1.807) is 0 Å². The molecular formula is C13H15BrN2. The summed E-state index contributed by atoms with van der Waals surface area (Å²) >= 11 is 3.55. The van der Waals surface area contributed by atoms with Crippen LogP contribution in [0.25, 0.3) is 5.57 Å². The molecule has 1 aliphatic heterocycles. The molecule has 84 valence electrons. The van der Waals surface area contributed by atoms with Gasteiger partial charge in [0.25, 0.3) is 0 Å². The van der Waals surface area contributed by atoms with Gasteiger partial charge in [0.1, 0.15) is 0 Å². The van der Waals surface area contributed by atoms with Gasteiger partial charge in [0.2, 0.25) is 0 Å². The fourth-order valence-corrected chi connectivity index (χ4v) is 3.03. The molecule has 0 unspecified atom stereocenters. The highest BCUT2D eigenvalue weighted by Crippen LogP contribution is 2.38. The van der Waals surface area contributed by atoms with Crippen LogP contribution in [0.3, 0.4) is 0 Å². The first-order valence-corrected chi connectivity index (χ1v) is 6.57. The lowest BCUT2D eigenvalue weighted by Crippen LogP contribution is -2.09. The number of rotatable bonds is 1. The van der Waals surface area contributed by atoms with E-state index >= 15 is 0 Å². The molecule has 0 saturated carbocycles. The summed E-state index contributed by atoms with van der Waals surface area (Å²) in [5.74, 6) is 1.56. The van der Waals surface area contributed by atoms with Crippen LogP contribution < -0.4 is 5.32 Å². The highest BCUT2D eigenvalue weighted by molar-refractivity contribution is 9.10. The summed E-state index contributed by atoms with van der Waals surface area (Å²) < 4.78 is 1.11. The zero-order chi connectivity index (χ0) is 11.1. The molecule has 1 N–H and O–H groups in total. The van der Waals surface area contributed by atoms with Crippen LogP contribution >= 0.6 is 15.9 Å². The summed E-state index contributed by atoms with van der Waals surface area (Å²) in [5, 5.41) is 3.45. The predicted molar refractivity (Wildman–Crippen MR) is 69.1 cm³/mol. The Balaban J connectivity index is 1.90. The van der Waals surface area contributed by atoms with Crippen LogP contribution in [0.15, 0.2) is 22.8 Å². The highest BCUT2D eigenvalue weighted by atomic mass is 79.9. The van der Waals surface area contributed by atoms with Crippen LogP contribution in [0, 0.1) is 18.8 Å². The number of nitrogens with one attached hydrogen (secondary N) is 1. The topological polar surface area (TPSA) is 24.9 Å². The van der Waals surface area contributed by atoms with Crippen molar-refractivity contribution < 1.29 is 0 Å². The second-order valence-electron chi connectivity index (χ2n) is 4.77. The van der Waals surface area contributed by atoms with E-state index < -0.39 is 0 Å². The Kier molecular flexibility index (Phi) is 2.60. The van der Waals surface area contributed by atoms with Gasteiger partial charge in [-0.25, -0.2) is 0 Å². The van der Waals surface area contributed by atoms with Crippen LogP contribution in [-0.2, 0) is 0 Å². The molecule has 0 spiro atoms. The van der Waals surface area contributed by atoms with Gasteiger partial charge in [-0.2, -0.15) is 0 Å². The molecule has 0 amide bonds. The first kappa shape index (κ1) is 10.5. The first-order valence-electron chi connectivity index (χ1n) is 5.78. The Hall–Kier alpha value is -0.670. The van der Waals surface area contributed by atoms with Crippen LogP contribution in [0.1, 0.15) is 17.7 Å². The zero-order valence-corrected chi connectivity index (χ0v) is 10.9. The van der Waals surface area contributed by atoms with Crippen molar-refractivity contribution in [3.05, 3.63) is 34.1 Å². The zero-order valence-electron chi connectivity index (χ0n) is 9.33. The van der Waals surface area contributed by atoms with E-state index in [9.17, 15) is 0 Å². The quantitative estimate of drug-likeness (QED) is 0.855. The molecule has 1 aromatic heterocycles. The minimum Gasteiger partial charge on any atom is -0.316 e. The summed E-state index contributed by atoms with van der Waals surface area (Å²) in [7, 11) is 0. The molecule has 2 heterocycles. The smallest absolute Gasteiger partial charge is 0.0514 e. The van der Waals surface area contributed by atoms with Gasteiger partial charge in [-0.1, -0.05) is 6.08 Å². The van der Waals surface area contributed by atoms with E-state index in [-0.39, 0.29) is 0 Å². The summed E-state index contributed by atoms with van der Waals surface area (Å²) in [6, 6.07) is 2.20. The third-order valence-electron chi connectivity index (χ3n) is 3.69. The number of hydrogen-bond donors (Lipinski definition) is 1. The normalized spacial score (nSPS) is 28.0. The number of halogens is 1.